The Morgan fingerprint density at radius 2 is 1.70 bits per heavy atom. The van der Waals surface area contributed by atoms with E-state index in [9.17, 15) is 13.5 Å². The molecule has 4 aliphatic carbocycles. The molecule has 5 nitrogen and oxygen atoms in total. The quantitative estimate of drug-likeness (QED) is 0.181. The maximum atomic E-state index is 12.6. The first-order valence-electron chi connectivity index (χ1n) is 18.4. The molecule has 3 saturated carbocycles. The van der Waals surface area contributed by atoms with Crippen LogP contribution in [0.15, 0.2) is 71.1 Å². The van der Waals surface area contributed by atoms with Gasteiger partial charge in [0.1, 0.15) is 0 Å². The van der Waals surface area contributed by atoms with Crippen LogP contribution in [0.5, 0.6) is 0 Å². The molecule has 0 bridgehead atoms. The molecule has 6 heteroatoms. The average molecular weight is 663 g/mol. The monoisotopic (exact) mass is 662 g/mol. The van der Waals surface area contributed by atoms with Gasteiger partial charge in [-0.15, -0.1) is 0 Å². The second-order valence-electron chi connectivity index (χ2n) is 16.4. The third-order valence-corrected chi connectivity index (χ3v) is 14.6. The minimum absolute atomic E-state index is 0.150. The minimum Gasteiger partial charge on any atom is -0.393 e. The molecule has 0 radical (unpaired) electrons. The highest BCUT2D eigenvalue weighted by Crippen LogP contribution is 2.67. The highest BCUT2D eigenvalue weighted by Gasteiger charge is 2.61. The summed E-state index contributed by atoms with van der Waals surface area (Å²) in [5.74, 6) is 2.84. The van der Waals surface area contributed by atoms with Crippen molar-refractivity contribution in [2.24, 2.45) is 46.3 Å². The molecular formula is C41H58O5S. The molecule has 3 unspecified atom stereocenters. The first kappa shape index (κ1) is 34.9. The summed E-state index contributed by atoms with van der Waals surface area (Å²) < 4.78 is 37.1. The van der Waals surface area contributed by atoms with Gasteiger partial charge in [0.25, 0.3) is 10.1 Å². The normalized spacial score (nSPS) is 34.9. The molecule has 1 N–H and O–H groups in total. The zero-order valence-electron chi connectivity index (χ0n) is 29.4. The average Bonchev–Trinajstić information content (AvgIpc) is 3.33. The van der Waals surface area contributed by atoms with E-state index in [1.54, 1.807) is 29.8 Å². The molecule has 6 rings (SSSR count). The van der Waals surface area contributed by atoms with E-state index >= 15 is 0 Å². The van der Waals surface area contributed by atoms with Gasteiger partial charge in [0.2, 0.25) is 0 Å². The van der Waals surface area contributed by atoms with Crippen LogP contribution in [0.2, 0.25) is 0 Å². The lowest BCUT2D eigenvalue weighted by Crippen LogP contribution is -2.51. The van der Waals surface area contributed by atoms with Gasteiger partial charge in [0.15, 0.2) is 0 Å². The molecule has 3 fully saturated rings. The van der Waals surface area contributed by atoms with E-state index in [1.807, 2.05) is 6.92 Å². The van der Waals surface area contributed by atoms with Crippen molar-refractivity contribution in [3.63, 3.8) is 0 Å². The van der Waals surface area contributed by atoms with Crippen molar-refractivity contribution in [1.29, 1.82) is 0 Å². The van der Waals surface area contributed by atoms with E-state index in [1.165, 1.54) is 24.8 Å². The Hall–Kier alpha value is -1.99. The van der Waals surface area contributed by atoms with Crippen LogP contribution in [0, 0.1) is 53.3 Å². The van der Waals surface area contributed by atoms with Crippen molar-refractivity contribution in [2.45, 2.75) is 123 Å². The molecule has 0 amide bonds. The number of hydrogen-bond acceptors (Lipinski definition) is 5. The number of ether oxygens (including phenoxy) is 1. The molecule has 10 atom stereocenters. The Labute approximate surface area is 284 Å². The number of hydrogen-bond donors (Lipinski definition) is 1. The Balaban J connectivity index is 1.02. The third-order valence-electron chi connectivity index (χ3n) is 13.3. The number of aliphatic hydroxyl groups excluding tert-OH is 1. The summed E-state index contributed by atoms with van der Waals surface area (Å²) in [6.07, 6.45) is 13.6. The van der Waals surface area contributed by atoms with Crippen LogP contribution >= 0.6 is 0 Å². The molecular weight excluding hydrogens is 605 g/mol. The molecule has 2 aromatic rings. The van der Waals surface area contributed by atoms with Gasteiger partial charge in [-0.1, -0.05) is 100 Å². The number of allylic oxidation sites excluding steroid dienone is 1. The van der Waals surface area contributed by atoms with Gasteiger partial charge in [-0.3, -0.25) is 4.18 Å². The van der Waals surface area contributed by atoms with Crippen molar-refractivity contribution in [3.8, 4) is 0 Å². The Kier molecular flexibility index (Phi) is 10.5. The van der Waals surface area contributed by atoms with Crippen LogP contribution in [-0.2, 0) is 25.6 Å². The molecule has 258 valence electrons. The predicted molar refractivity (Wildman–Crippen MR) is 188 cm³/mol. The fourth-order valence-corrected chi connectivity index (χ4v) is 11.7. The fourth-order valence-electron chi connectivity index (χ4n) is 10.7. The lowest BCUT2D eigenvalue weighted by molar-refractivity contribution is -0.0691. The number of aryl methyl sites for hydroxylation is 1. The van der Waals surface area contributed by atoms with Crippen LogP contribution in [0.1, 0.15) is 103 Å². The van der Waals surface area contributed by atoms with Crippen LogP contribution in [0.3, 0.4) is 0 Å². The van der Waals surface area contributed by atoms with Crippen molar-refractivity contribution < 1.29 is 22.4 Å². The van der Waals surface area contributed by atoms with Crippen molar-refractivity contribution >= 4 is 10.1 Å². The van der Waals surface area contributed by atoms with E-state index < -0.39 is 10.1 Å². The number of aliphatic hydroxyl groups is 1. The van der Waals surface area contributed by atoms with Gasteiger partial charge < -0.3 is 9.84 Å². The van der Waals surface area contributed by atoms with Crippen molar-refractivity contribution in [3.05, 3.63) is 77.4 Å². The number of rotatable bonds is 12. The van der Waals surface area contributed by atoms with Crippen LogP contribution < -0.4 is 0 Å². The summed E-state index contributed by atoms with van der Waals surface area (Å²) in [6, 6.07) is 17.4. The maximum absolute atomic E-state index is 12.6. The number of benzene rings is 2. The molecule has 2 aromatic carbocycles. The molecule has 4 aliphatic rings. The topological polar surface area (TPSA) is 72.8 Å². The summed E-state index contributed by atoms with van der Waals surface area (Å²) in [5, 5.41) is 11.6. The van der Waals surface area contributed by atoms with Gasteiger partial charge in [-0.05, 0) is 122 Å². The molecule has 0 heterocycles. The van der Waals surface area contributed by atoms with Crippen LogP contribution in [-0.4, -0.2) is 32.3 Å². The van der Waals surface area contributed by atoms with E-state index in [-0.39, 0.29) is 34.4 Å². The Bertz CT molecular complexity index is 1490. The van der Waals surface area contributed by atoms with E-state index in [0.29, 0.717) is 42.3 Å². The standard InChI is InChI=1S/C41H58O5S/c1-28-14-17-34(18-15-28)47(43,44)46-26-29(2)10-9-11-30(3)39-38(42)25-37-35-19-16-32-24-33(45-27-31-12-7-6-8-13-31)20-22-40(32,4)36(35)21-23-41(37,39)5/h6-8,12-18,29-30,33,35-39,42H,9-11,19-27H2,1-5H3/t29-,30-,33+,35?,36?,37?,38+,39+,40+,41+/m1/s1. The predicted octanol–water partition coefficient (Wildman–Crippen LogP) is 9.28. The highest BCUT2D eigenvalue weighted by atomic mass is 32.2. The summed E-state index contributed by atoms with van der Waals surface area (Å²) in [6.45, 7) is 12.3. The SMILES string of the molecule is Cc1ccc(S(=O)(=O)OC[C@H](C)CCC[C@@H](C)[C@H]2[C@@H](O)CC3C4CC=C5C[C@@H](OCc6ccccc6)CC[C@]5(C)C4CC[C@@]32C)cc1. The van der Waals surface area contributed by atoms with E-state index in [2.05, 4.69) is 64.1 Å². The summed E-state index contributed by atoms with van der Waals surface area (Å²) in [5.41, 5.74) is 4.35. The Morgan fingerprint density at radius 3 is 2.45 bits per heavy atom. The lowest BCUT2D eigenvalue weighted by Gasteiger charge is -2.58. The largest absolute Gasteiger partial charge is 0.393 e. The first-order valence-corrected chi connectivity index (χ1v) is 19.8. The molecule has 0 saturated heterocycles. The zero-order chi connectivity index (χ0) is 33.4. The first-order chi connectivity index (χ1) is 22.4. The van der Waals surface area contributed by atoms with Crippen molar-refractivity contribution in [2.75, 3.05) is 6.61 Å². The maximum Gasteiger partial charge on any atom is 0.296 e. The number of fused-ring (bicyclic) bond motifs is 5. The van der Waals surface area contributed by atoms with Gasteiger partial charge in [-0.25, -0.2) is 0 Å². The van der Waals surface area contributed by atoms with Crippen LogP contribution in [0.4, 0.5) is 0 Å². The smallest absolute Gasteiger partial charge is 0.296 e. The van der Waals surface area contributed by atoms with E-state index in [4.69, 9.17) is 8.92 Å². The summed E-state index contributed by atoms with van der Waals surface area (Å²) in [4.78, 5) is 0.218. The Morgan fingerprint density at radius 1 is 0.957 bits per heavy atom. The molecule has 0 aliphatic heterocycles. The van der Waals surface area contributed by atoms with Crippen LogP contribution in [0.25, 0.3) is 0 Å². The minimum atomic E-state index is -3.74. The zero-order valence-corrected chi connectivity index (χ0v) is 30.2. The molecule has 0 aromatic heterocycles. The molecule has 47 heavy (non-hydrogen) atoms. The van der Waals surface area contributed by atoms with Gasteiger partial charge in [0.05, 0.1) is 30.3 Å². The lowest BCUT2D eigenvalue weighted by atomic mass is 9.47. The second-order valence-corrected chi connectivity index (χ2v) is 18.0. The fraction of sp³-hybridized carbons (Fsp3) is 0.659. The summed E-state index contributed by atoms with van der Waals surface area (Å²) in [7, 11) is -3.74. The summed E-state index contributed by atoms with van der Waals surface area (Å²) >= 11 is 0. The highest BCUT2D eigenvalue weighted by molar-refractivity contribution is 7.86. The second kappa shape index (κ2) is 14.1. The van der Waals surface area contributed by atoms with Gasteiger partial charge in [-0.2, -0.15) is 8.42 Å². The third kappa shape index (κ3) is 7.18. The molecule has 0 spiro atoms. The van der Waals surface area contributed by atoms with Gasteiger partial charge in [0, 0.05) is 0 Å². The van der Waals surface area contributed by atoms with E-state index in [0.717, 1.165) is 50.5 Å². The van der Waals surface area contributed by atoms with Crippen molar-refractivity contribution in [1.82, 2.24) is 0 Å². The van der Waals surface area contributed by atoms with Gasteiger partial charge >= 0.3 is 0 Å².